The Morgan fingerprint density at radius 3 is 2.54 bits per heavy atom. The summed E-state index contributed by atoms with van der Waals surface area (Å²) in [6, 6.07) is 9.98. The molecular formula is C19H20N4O5. The van der Waals surface area contributed by atoms with Gasteiger partial charge in [-0.3, -0.25) is 14.5 Å². The van der Waals surface area contributed by atoms with Crippen LogP contribution < -0.4 is 15.0 Å². The molecule has 0 atom stereocenters. The summed E-state index contributed by atoms with van der Waals surface area (Å²) in [7, 11) is 0. The third-order valence-corrected chi connectivity index (χ3v) is 4.26. The molecular weight excluding hydrogens is 364 g/mol. The lowest BCUT2D eigenvalue weighted by molar-refractivity contribution is -0.389. The van der Waals surface area contributed by atoms with Crippen molar-refractivity contribution in [1.82, 2.24) is 4.98 Å². The van der Waals surface area contributed by atoms with E-state index in [9.17, 15) is 19.7 Å². The van der Waals surface area contributed by atoms with Gasteiger partial charge in [0.2, 0.25) is 5.91 Å². The maximum Gasteiger partial charge on any atom is 0.366 e. The third-order valence-electron chi connectivity index (χ3n) is 4.26. The summed E-state index contributed by atoms with van der Waals surface area (Å²) in [5, 5.41) is 13.7. The molecule has 1 aromatic heterocycles. The van der Waals surface area contributed by atoms with Gasteiger partial charge in [0.15, 0.2) is 12.4 Å². The van der Waals surface area contributed by atoms with Crippen LogP contribution in [0.25, 0.3) is 0 Å². The van der Waals surface area contributed by atoms with Gasteiger partial charge in [0.25, 0.3) is 11.7 Å². The number of fused-ring (bicyclic) bond motifs is 1. The number of rotatable bonds is 4. The highest BCUT2D eigenvalue weighted by Gasteiger charge is 2.33. The number of ether oxygens (including phenoxy) is 1. The Hall–Kier alpha value is -3.49. The predicted molar refractivity (Wildman–Crippen MR) is 103 cm³/mol. The minimum absolute atomic E-state index is 0.00709. The number of carbonyl (C=O) groups excluding carboxylic acids is 2. The Bertz CT molecular complexity index is 934. The summed E-state index contributed by atoms with van der Waals surface area (Å²) in [5.74, 6) is -1.20. The number of nitrogens with one attached hydrogen (secondary N) is 1. The number of benzene rings is 1. The molecule has 0 fully saturated rings. The molecule has 2 aromatic rings. The standard InChI is InChI=1S/C19H20N4O5/c1-19(2,3)12-4-6-13(7-5-12)20-16(24)10-22-17(25)11-28-14-8-9-15(23(26)27)21-18(14)22/h4-9H,10-11H2,1-3H3,(H,20,24). The molecule has 1 aliphatic heterocycles. The molecule has 0 radical (unpaired) electrons. The molecule has 0 saturated heterocycles. The quantitative estimate of drug-likeness (QED) is 0.640. The van der Waals surface area contributed by atoms with Crippen molar-refractivity contribution in [1.29, 1.82) is 0 Å². The van der Waals surface area contributed by atoms with Gasteiger partial charge in [-0.25, -0.2) is 0 Å². The molecule has 0 aliphatic carbocycles. The van der Waals surface area contributed by atoms with E-state index in [1.807, 2.05) is 12.1 Å². The van der Waals surface area contributed by atoms with E-state index in [-0.39, 0.29) is 30.1 Å². The van der Waals surface area contributed by atoms with Gasteiger partial charge in [-0.05, 0) is 39.1 Å². The topological polar surface area (TPSA) is 115 Å². The van der Waals surface area contributed by atoms with Crippen LogP contribution >= 0.6 is 0 Å². The largest absolute Gasteiger partial charge is 0.477 e. The highest BCUT2D eigenvalue weighted by molar-refractivity contribution is 6.04. The summed E-state index contributed by atoms with van der Waals surface area (Å²) >= 11 is 0. The van der Waals surface area contributed by atoms with E-state index in [0.29, 0.717) is 5.69 Å². The number of hydrogen-bond acceptors (Lipinski definition) is 6. The molecule has 0 spiro atoms. The van der Waals surface area contributed by atoms with Crippen LogP contribution in [-0.4, -0.2) is 34.9 Å². The molecule has 9 nitrogen and oxygen atoms in total. The first kappa shape index (κ1) is 19.3. The molecule has 3 rings (SSSR count). The molecule has 0 unspecified atom stereocenters. The van der Waals surface area contributed by atoms with Crippen molar-refractivity contribution in [2.24, 2.45) is 0 Å². The molecule has 146 valence electrons. The highest BCUT2D eigenvalue weighted by Crippen LogP contribution is 2.32. The Labute approximate surface area is 161 Å². The van der Waals surface area contributed by atoms with E-state index < -0.39 is 22.6 Å². The van der Waals surface area contributed by atoms with Crippen LogP contribution in [0.5, 0.6) is 5.75 Å². The van der Waals surface area contributed by atoms with Gasteiger partial charge < -0.3 is 20.2 Å². The maximum atomic E-state index is 12.4. The fourth-order valence-corrected chi connectivity index (χ4v) is 2.73. The van der Waals surface area contributed by atoms with E-state index in [1.54, 1.807) is 12.1 Å². The van der Waals surface area contributed by atoms with Gasteiger partial charge in [0.1, 0.15) is 6.54 Å². The second kappa shape index (κ2) is 7.26. The first-order chi connectivity index (χ1) is 13.1. The zero-order chi connectivity index (χ0) is 20.5. The van der Waals surface area contributed by atoms with Crippen LogP contribution in [0, 0.1) is 10.1 Å². The number of hydrogen-bond donors (Lipinski definition) is 1. The van der Waals surface area contributed by atoms with E-state index in [2.05, 4.69) is 31.1 Å². The molecule has 28 heavy (non-hydrogen) atoms. The lowest BCUT2D eigenvalue weighted by atomic mass is 9.87. The van der Waals surface area contributed by atoms with Gasteiger partial charge in [-0.1, -0.05) is 32.9 Å². The molecule has 2 amide bonds. The smallest absolute Gasteiger partial charge is 0.366 e. The van der Waals surface area contributed by atoms with Crippen LogP contribution in [-0.2, 0) is 15.0 Å². The van der Waals surface area contributed by atoms with Crippen molar-refractivity contribution >= 4 is 29.1 Å². The average molecular weight is 384 g/mol. The lowest BCUT2D eigenvalue weighted by Gasteiger charge is -2.24. The fourth-order valence-electron chi connectivity index (χ4n) is 2.73. The summed E-state index contributed by atoms with van der Waals surface area (Å²) in [5.41, 5.74) is 1.71. The minimum atomic E-state index is -0.672. The average Bonchev–Trinajstić information content (AvgIpc) is 2.63. The Balaban J connectivity index is 1.76. The predicted octanol–water partition coefficient (Wildman–Crippen LogP) is 2.65. The van der Waals surface area contributed by atoms with Gasteiger partial charge in [-0.2, -0.15) is 0 Å². The third kappa shape index (κ3) is 4.08. The van der Waals surface area contributed by atoms with E-state index in [4.69, 9.17) is 4.74 Å². The zero-order valence-electron chi connectivity index (χ0n) is 15.8. The Kier molecular flexibility index (Phi) is 5.00. The van der Waals surface area contributed by atoms with E-state index in [1.165, 1.54) is 12.1 Å². The molecule has 2 heterocycles. The number of carbonyl (C=O) groups is 2. The van der Waals surface area contributed by atoms with Crippen molar-refractivity contribution in [3.8, 4) is 5.75 Å². The first-order valence-corrected chi connectivity index (χ1v) is 8.64. The summed E-state index contributed by atoms with van der Waals surface area (Å²) in [6.45, 7) is 5.68. The maximum absolute atomic E-state index is 12.4. The second-order valence-electron chi connectivity index (χ2n) is 7.39. The molecule has 1 aromatic carbocycles. The number of nitro groups is 1. The molecule has 1 N–H and O–H groups in total. The van der Waals surface area contributed by atoms with Gasteiger partial charge in [0, 0.05) is 11.8 Å². The van der Waals surface area contributed by atoms with E-state index in [0.717, 1.165) is 10.5 Å². The van der Waals surface area contributed by atoms with Crippen LogP contribution in [0.4, 0.5) is 17.3 Å². The normalized spacial score (nSPS) is 13.5. The van der Waals surface area contributed by atoms with Crippen molar-refractivity contribution < 1.29 is 19.2 Å². The van der Waals surface area contributed by atoms with Crippen LogP contribution in [0.3, 0.4) is 0 Å². The van der Waals surface area contributed by atoms with Gasteiger partial charge in [-0.15, -0.1) is 0 Å². The molecule has 1 aliphatic rings. The number of anilines is 2. The summed E-state index contributed by atoms with van der Waals surface area (Å²) in [6.07, 6.45) is 0. The number of nitrogens with zero attached hydrogens (tertiary/aromatic N) is 3. The highest BCUT2D eigenvalue weighted by atomic mass is 16.6. The SMILES string of the molecule is CC(C)(C)c1ccc(NC(=O)CN2C(=O)COc3ccc([N+](=O)[O-])nc32)cc1. The fraction of sp³-hybridized carbons (Fsp3) is 0.316. The van der Waals surface area contributed by atoms with Crippen LogP contribution in [0.1, 0.15) is 26.3 Å². The van der Waals surface area contributed by atoms with Crippen molar-refractivity contribution in [3.05, 3.63) is 52.1 Å². The first-order valence-electron chi connectivity index (χ1n) is 8.64. The number of amides is 2. The van der Waals surface area contributed by atoms with Crippen LogP contribution in [0.2, 0.25) is 0 Å². The Morgan fingerprint density at radius 2 is 1.93 bits per heavy atom. The van der Waals surface area contributed by atoms with Crippen molar-refractivity contribution in [2.45, 2.75) is 26.2 Å². The van der Waals surface area contributed by atoms with Crippen molar-refractivity contribution in [2.75, 3.05) is 23.4 Å². The second-order valence-corrected chi connectivity index (χ2v) is 7.39. The number of pyridine rings is 1. The van der Waals surface area contributed by atoms with E-state index >= 15 is 0 Å². The van der Waals surface area contributed by atoms with Crippen molar-refractivity contribution in [3.63, 3.8) is 0 Å². The monoisotopic (exact) mass is 384 g/mol. The lowest BCUT2D eigenvalue weighted by Crippen LogP contribution is -2.44. The Morgan fingerprint density at radius 1 is 1.25 bits per heavy atom. The van der Waals surface area contributed by atoms with Crippen LogP contribution in [0.15, 0.2) is 36.4 Å². The molecule has 0 saturated carbocycles. The summed E-state index contributed by atoms with van der Waals surface area (Å²) in [4.78, 5) is 39.8. The zero-order valence-corrected chi connectivity index (χ0v) is 15.8. The van der Waals surface area contributed by atoms with Gasteiger partial charge >= 0.3 is 5.82 Å². The number of aromatic nitrogens is 1. The minimum Gasteiger partial charge on any atom is -0.477 e. The molecule has 0 bridgehead atoms. The summed E-state index contributed by atoms with van der Waals surface area (Å²) < 4.78 is 5.24. The van der Waals surface area contributed by atoms with Gasteiger partial charge in [0.05, 0.1) is 0 Å². The molecule has 9 heteroatoms.